The predicted octanol–water partition coefficient (Wildman–Crippen LogP) is 4.65. The molecule has 2 unspecified atom stereocenters. The van der Waals surface area contributed by atoms with Gasteiger partial charge in [0, 0.05) is 6.07 Å². The Hall–Kier alpha value is -1.97. The molecule has 0 fully saturated rings. The van der Waals surface area contributed by atoms with Gasteiger partial charge >= 0.3 is 5.97 Å². The van der Waals surface area contributed by atoms with E-state index in [9.17, 15) is 15.0 Å². The average molecular weight is 318 g/mol. The van der Waals surface area contributed by atoms with E-state index in [2.05, 4.69) is 6.92 Å². The van der Waals surface area contributed by atoms with E-state index in [1.165, 1.54) is 18.6 Å². The Labute approximate surface area is 137 Å². The van der Waals surface area contributed by atoms with E-state index >= 15 is 0 Å². The van der Waals surface area contributed by atoms with Crippen molar-refractivity contribution in [2.45, 2.75) is 58.5 Å². The van der Waals surface area contributed by atoms with Gasteiger partial charge in [-0.2, -0.15) is 0 Å². The summed E-state index contributed by atoms with van der Waals surface area (Å²) >= 11 is 0. The summed E-state index contributed by atoms with van der Waals surface area (Å²) in [7, 11) is 0. The Morgan fingerprint density at radius 2 is 1.83 bits per heavy atom. The minimum atomic E-state index is -0.542. The molecule has 0 spiro atoms. The molecule has 2 rings (SSSR count). The molecule has 0 saturated heterocycles. The zero-order valence-corrected chi connectivity index (χ0v) is 13.9. The fraction of sp³-hybridized carbons (Fsp3) is 0.526. The van der Waals surface area contributed by atoms with Gasteiger partial charge in [-0.3, -0.25) is 0 Å². The highest BCUT2D eigenvalue weighted by atomic mass is 16.5. The molecular weight excluding hydrogens is 292 g/mol. The third kappa shape index (κ3) is 5.02. The fourth-order valence-electron chi connectivity index (χ4n) is 2.98. The number of carbonyl (C=O) groups excluding carboxylic acids is 1. The summed E-state index contributed by atoms with van der Waals surface area (Å²) in [6, 6.07) is 2.65. The van der Waals surface area contributed by atoms with Crippen LogP contribution in [0.5, 0.6) is 11.5 Å². The quantitative estimate of drug-likeness (QED) is 0.683. The molecule has 1 aromatic carbocycles. The number of allylic oxidation sites excluding steroid dienone is 1. The van der Waals surface area contributed by atoms with Gasteiger partial charge in [0.1, 0.15) is 17.1 Å². The number of phenolic OH excluding ortho intramolecular Hbond substituents is 2. The van der Waals surface area contributed by atoms with Crippen molar-refractivity contribution in [1.82, 2.24) is 0 Å². The van der Waals surface area contributed by atoms with Crippen LogP contribution in [0.15, 0.2) is 18.2 Å². The van der Waals surface area contributed by atoms with Crippen LogP contribution in [0.3, 0.4) is 0 Å². The number of esters is 1. The second-order valence-corrected chi connectivity index (χ2v) is 6.51. The van der Waals surface area contributed by atoms with Gasteiger partial charge in [-0.25, -0.2) is 4.79 Å². The van der Waals surface area contributed by atoms with E-state index in [-0.39, 0.29) is 23.2 Å². The molecule has 1 aliphatic rings. The van der Waals surface area contributed by atoms with Crippen molar-refractivity contribution >= 4 is 12.0 Å². The highest BCUT2D eigenvalue weighted by Gasteiger charge is 2.20. The topological polar surface area (TPSA) is 66.8 Å². The van der Waals surface area contributed by atoms with E-state index in [0.717, 1.165) is 32.1 Å². The van der Waals surface area contributed by atoms with Gasteiger partial charge in [0.05, 0.1) is 6.10 Å². The summed E-state index contributed by atoms with van der Waals surface area (Å²) in [5, 5.41) is 19.7. The number of benzene rings is 1. The highest BCUT2D eigenvalue weighted by molar-refractivity contribution is 5.97. The Morgan fingerprint density at radius 1 is 1.09 bits per heavy atom. The summed E-state index contributed by atoms with van der Waals surface area (Å²) < 4.78 is 5.46. The highest BCUT2D eigenvalue weighted by Crippen LogP contribution is 2.30. The molecule has 0 saturated carbocycles. The number of fused-ring (bicyclic) bond motifs is 1. The molecule has 4 nitrogen and oxygen atoms in total. The minimum Gasteiger partial charge on any atom is -0.508 e. The molecule has 0 aliphatic carbocycles. The summed E-state index contributed by atoms with van der Waals surface area (Å²) in [6.45, 7) is 4.14. The maximum Gasteiger partial charge on any atom is 0.342 e. The number of ether oxygens (including phenoxy) is 1. The van der Waals surface area contributed by atoms with Crippen molar-refractivity contribution in [3.63, 3.8) is 0 Å². The maximum absolute atomic E-state index is 12.4. The molecule has 2 N–H and O–H groups in total. The second-order valence-electron chi connectivity index (χ2n) is 6.51. The smallest absolute Gasteiger partial charge is 0.342 e. The maximum atomic E-state index is 12.4. The molecule has 2 atom stereocenters. The van der Waals surface area contributed by atoms with E-state index in [4.69, 9.17) is 4.74 Å². The molecule has 1 aromatic rings. The Balaban J connectivity index is 2.30. The van der Waals surface area contributed by atoms with Crippen LogP contribution in [0.2, 0.25) is 0 Å². The van der Waals surface area contributed by atoms with Gasteiger partial charge in [0.15, 0.2) is 0 Å². The van der Waals surface area contributed by atoms with Crippen LogP contribution >= 0.6 is 0 Å². The lowest BCUT2D eigenvalue weighted by atomic mass is 9.96. The lowest BCUT2D eigenvalue weighted by Crippen LogP contribution is -2.16. The van der Waals surface area contributed by atoms with Crippen LogP contribution in [0.1, 0.15) is 68.3 Å². The Bertz CT molecular complexity index is 577. The molecule has 0 radical (unpaired) electrons. The van der Waals surface area contributed by atoms with Crippen LogP contribution in [0.25, 0.3) is 6.08 Å². The van der Waals surface area contributed by atoms with Crippen molar-refractivity contribution in [1.29, 1.82) is 0 Å². The number of aromatic hydroxyl groups is 2. The van der Waals surface area contributed by atoms with Gasteiger partial charge < -0.3 is 14.9 Å². The summed E-state index contributed by atoms with van der Waals surface area (Å²) in [6.07, 6.45) is 9.73. The Morgan fingerprint density at radius 3 is 2.61 bits per heavy atom. The molecule has 4 heteroatoms. The van der Waals surface area contributed by atoms with Crippen molar-refractivity contribution in [2.24, 2.45) is 5.92 Å². The van der Waals surface area contributed by atoms with Gasteiger partial charge in [-0.15, -0.1) is 0 Å². The van der Waals surface area contributed by atoms with Crippen molar-refractivity contribution in [2.75, 3.05) is 0 Å². The summed E-state index contributed by atoms with van der Waals surface area (Å²) in [4.78, 5) is 12.4. The zero-order chi connectivity index (χ0) is 16.8. The van der Waals surface area contributed by atoms with Gasteiger partial charge in [0.2, 0.25) is 0 Å². The van der Waals surface area contributed by atoms with Gasteiger partial charge in [-0.1, -0.05) is 31.9 Å². The molecular formula is C19H26O4. The standard InChI is InChI=1S/C19H26O4/c1-13-7-4-3-5-10-15-11-16(20)12-17(21)18(15)19(22)23-14(2)9-6-8-13/h5,10-14,20-21H,3-4,6-9H2,1-2H3/b10-5+. The number of rotatable bonds is 0. The van der Waals surface area contributed by atoms with Crippen molar-refractivity contribution in [3.05, 3.63) is 29.3 Å². The lowest BCUT2D eigenvalue weighted by Gasteiger charge is -2.17. The number of carbonyl (C=O) groups is 1. The van der Waals surface area contributed by atoms with Crippen LogP contribution in [0.4, 0.5) is 0 Å². The molecule has 0 aromatic heterocycles. The molecule has 126 valence electrons. The Kier molecular flexibility index (Phi) is 6.08. The molecule has 1 aliphatic heterocycles. The first-order valence-electron chi connectivity index (χ1n) is 8.41. The van der Waals surface area contributed by atoms with Gasteiger partial charge in [-0.05, 0) is 50.2 Å². The van der Waals surface area contributed by atoms with Crippen LogP contribution in [0, 0.1) is 5.92 Å². The van der Waals surface area contributed by atoms with Crippen LogP contribution in [-0.2, 0) is 4.74 Å². The number of hydrogen-bond donors (Lipinski definition) is 2. The monoisotopic (exact) mass is 318 g/mol. The molecule has 23 heavy (non-hydrogen) atoms. The molecule has 0 bridgehead atoms. The lowest BCUT2D eigenvalue weighted by molar-refractivity contribution is 0.0314. The summed E-state index contributed by atoms with van der Waals surface area (Å²) in [5.41, 5.74) is 0.612. The molecule has 0 amide bonds. The minimum absolute atomic E-state index is 0.0681. The fourth-order valence-corrected chi connectivity index (χ4v) is 2.98. The predicted molar refractivity (Wildman–Crippen MR) is 90.5 cm³/mol. The molecule has 1 heterocycles. The first-order chi connectivity index (χ1) is 11.0. The first kappa shape index (κ1) is 17.4. The van der Waals surface area contributed by atoms with E-state index in [1.54, 1.807) is 6.08 Å². The third-order valence-corrected chi connectivity index (χ3v) is 4.32. The van der Waals surface area contributed by atoms with E-state index in [1.807, 2.05) is 13.0 Å². The van der Waals surface area contributed by atoms with Crippen molar-refractivity contribution in [3.8, 4) is 11.5 Å². The number of phenols is 2. The van der Waals surface area contributed by atoms with Crippen LogP contribution < -0.4 is 0 Å². The van der Waals surface area contributed by atoms with E-state index < -0.39 is 5.97 Å². The zero-order valence-electron chi connectivity index (χ0n) is 13.9. The average Bonchev–Trinajstić information content (AvgIpc) is 2.45. The summed E-state index contributed by atoms with van der Waals surface area (Å²) in [5.74, 6) is -0.182. The number of hydrogen-bond acceptors (Lipinski definition) is 4. The van der Waals surface area contributed by atoms with Crippen molar-refractivity contribution < 1.29 is 19.7 Å². The third-order valence-electron chi connectivity index (χ3n) is 4.32. The van der Waals surface area contributed by atoms with E-state index in [0.29, 0.717) is 11.5 Å². The normalized spacial score (nSPS) is 25.0. The SMILES string of the molecule is CC1CCC/C=C/c2cc(O)cc(O)c2C(=O)OC(C)CCC1. The second kappa shape index (κ2) is 8.04. The largest absolute Gasteiger partial charge is 0.508 e. The first-order valence-corrected chi connectivity index (χ1v) is 8.41. The number of cyclic esters (lactones) is 1. The van der Waals surface area contributed by atoms with Gasteiger partial charge in [0.25, 0.3) is 0 Å². The van der Waals surface area contributed by atoms with Crippen LogP contribution in [-0.4, -0.2) is 22.3 Å².